The van der Waals surface area contributed by atoms with Gasteiger partial charge in [0.05, 0.1) is 0 Å². The predicted molar refractivity (Wildman–Crippen MR) is 41.0 cm³/mol. The van der Waals surface area contributed by atoms with Crippen LogP contribution in [0.25, 0.3) is 0 Å². The molecule has 0 aromatic carbocycles. The molecule has 3 fully saturated rings. The molecule has 0 aromatic heterocycles. The lowest BCUT2D eigenvalue weighted by atomic mass is 9.93. The standard InChI is InChI=1S/C10H14/c1-2-8-5-6-9-4-3-7(1)10(8)9/h1,3,7-10H,2,4-6H2/q-2. The monoisotopic (exact) mass is 134 g/mol. The first-order valence-corrected chi connectivity index (χ1v) is 4.62. The molecule has 0 amide bonds. The number of hydrogen-bond donors (Lipinski definition) is 0. The Labute approximate surface area is 63.0 Å². The molecule has 3 saturated carbocycles. The van der Waals surface area contributed by atoms with Gasteiger partial charge in [-0.3, -0.25) is 5.92 Å². The Hall–Kier alpha value is 0. The van der Waals surface area contributed by atoms with Crippen LogP contribution in [0.5, 0.6) is 0 Å². The van der Waals surface area contributed by atoms with Crippen LogP contribution in [-0.4, -0.2) is 0 Å². The van der Waals surface area contributed by atoms with Crippen molar-refractivity contribution in [1.82, 2.24) is 0 Å². The van der Waals surface area contributed by atoms with E-state index in [0.29, 0.717) is 0 Å². The topological polar surface area (TPSA) is 0 Å². The fourth-order valence-corrected chi connectivity index (χ4v) is 3.45. The van der Waals surface area contributed by atoms with Gasteiger partial charge in [0.25, 0.3) is 0 Å². The third kappa shape index (κ3) is 0.538. The highest BCUT2D eigenvalue weighted by Gasteiger charge is 2.38. The van der Waals surface area contributed by atoms with Crippen LogP contribution < -0.4 is 0 Å². The van der Waals surface area contributed by atoms with Gasteiger partial charge in [-0.1, -0.05) is 30.6 Å². The quantitative estimate of drug-likeness (QED) is 0.446. The second kappa shape index (κ2) is 1.78. The highest BCUT2D eigenvalue weighted by atomic mass is 14.5. The van der Waals surface area contributed by atoms with E-state index in [1.165, 1.54) is 25.7 Å². The maximum absolute atomic E-state index is 2.56. The van der Waals surface area contributed by atoms with E-state index in [4.69, 9.17) is 0 Å². The predicted octanol–water partition coefficient (Wildman–Crippen LogP) is 2.46. The Morgan fingerprint density at radius 2 is 1.50 bits per heavy atom. The van der Waals surface area contributed by atoms with Crippen LogP contribution in [0.2, 0.25) is 0 Å². The van der Waals surface area contributed by atoms with E-state index in [-0.39, 0.29) is 0 Å². The first-order valence-electron chi connectivity index (χ1n) is 4.62. The smallest absolute Gasteiger partial charge is 0.0526 e. The Kier molecular flexibility index (Phi) is 1.00. The summed E-state index contributed by atoms with van der Waals surface area (Å²) in [5.74, 6) is 4.26. The highest BCUT2D eigenvalue weighted by Crippen LogP contribution is 2.57. The van der Waals surface area contributed by atoms with E-state index in [1.807, 2.05) is 0 Å². The van der Waals surface area contributed by atoms with Crippen LogP contribution in [0.1, 0.15) is 25.7 Å². The normalized spacial score (nSPS) is 57.6. The molecule has 0 bridgehead atoms. The van der Waals surface area contributed by atoms with E-state index >= 15 is 0 Å². The molecular formula is C10H14-2. The highest BCUT2D eigenvalue weighted by molar-refractivity contribution is 5.12. The van der Waals surface area contributed by atoms with Gasteiger partial charge in [-0.25, -0.2) is 0 Å². The summed E-state index contributed by atoms with van der Waals surface area (Å²) in [5.41, 5.74) is 0. The summed E-state index contributed by atoms with van der Waals surface area (Å²) in [5, 5.41) is 0. The van der Waals surface area contributed by atoms with Gasteiger partial charge in [0, 0.05) is 0 Å². The molecule has 0 heterocycles. The lowest BCUT2D eigenvalue weighted by Gasteiger charge is -2.26. The van der Waals surface area contributed by atoms with Crippen molar-refractivity contribution in [3.05, 3.63) is 12.8 Å². The van der Waals surface area contributed by atoms with Gasteiger partial charge in [0.1, 0.15) is 0 Å². The molecule has 0 radical (unpaired) electrons. The summed E-state index contributed by atoms with van der Waals surface area (Å²) in [6.45, 7) is 0. The maximum Gasteiger partial charge on any atom is -0.0526 e. The largest absolute Gasteiger partial charge is 0.354 e. The Balaban J connectivity index is 1.94. The first kappa shape index (κ1) is 5.62. The van der Waals surface area contributed by atoms with Crippen molar-refractivity contribution < 1.29 is 0 Å². The molecule has 3 aliphatic carbocycles. The number of hydrogen-bond acceptors (Lipinski definition) is 0. The van der Waals surface area contributed by atoms with Crippen molar-refractivity contribution in [2.75, 3.05) is 0 Å². The molecule has 3 aliphatic rings. The summed E-state index contributed by atoms with van der Waals surface area (Å²) in [4.78, 5) is 0. The Morgan fingerprint density at radius 3 is 2.10 bits per heavy atom. The molecule has 0 spiro atoms. The van der Waals surface area contributed by atoms with E-state index < -0.39 is 0 Å². The molecule has 0 aromatic rings. The van der Waals surface area contributed by atoms with Crippen molar-refractivity contribution in [2.45, 2.75) is 25.7 Å². The van der Waals surface area contributed by atoms with Gasteiger partial charge < -0.3 is 12.8 Å². The van der Waals surface area contributed by atoms with Crippen molar-refractivity contribution in [1.29, 1.82) is 0 Å². The molecule has 10 heavy (non-hydrogen) atoms. The van der Waals surface area contributed by atoms with Crippen molar-refractivity contribution in [2.24, 2.45) is 23.7 Å². The number of rotatable bonds is 0. The van der Waals surface area contributed by atoms with Gasteiger partial charge >= 0.3 is 0 Å². The first-order chi connectivity index (χ1) is 4.95. The zero-order chi connectivity index (χ0) is 6.55. The lowest BCUT2D eigenvalue weighted by Crippen LogP contribution is -2.07. The summed E-state index contributed by atoms with van der Waals surface area (Å²) < 4.78 is 0. The lowest BCUT2D eigenvalue weighted by molar-refractivity contribution is 0.367. The zero-order valence-electron chi connectivity index (χ0n) is 6.29. The van der Waals surface area contributed by atoms with Gasteiger partial charge in [0.15, 0.2) is 0 Å². The van der Waals surface area contributed by atoms with E-state index in [9.17, 15) is 0 Å². The molecule has 2 atom stereocenters. The zero-order valence-corrected chi connectivity index (χ0v) is 6.29. The van der Waals surface area contributed by atoms with Crippen LogP contribution in [0.15, 0.2) is 0 Å². The van der Waals surface area contributed by atoms with Crippen LogP contribution in [0, 0.1) is 36.5 Å². The van der Waals surface area contributed by atoms with E-state index in [2.05, 4.69) is 12.8 Å². The second-order valence-electron chi connectivity index (χ2n) is 4.20. The van der Waals surface area contributed by atoms with Gasteiger partial charge in [-0.05, 0) is 0 Å². The molecule has 3 rings (SSSR count). The van der Waals surface area contributed by atoms with Crippen molar-refractivity contribution in [3.8, 4) is 0 Å². The van der Waals surface area contributed by atoms with Crippen molar-refractivity contribution >= 4 is 0 Å². The SMILES string of the molecule is [CH-]1CC2CCC3C[CH-]C1C23. The van der Waals surface area contributed by atoms with Crippen LogP contribution in [0.4, 0.5) is 0 Å². The fraction of sp³-hybridized carbons (Fsp3) is 0.800. The van der Waals surface area contributed by atoms with E-state index in [1.54, 1.807) is 0 Å². The molecule has 0 saturated heterocycles. The minimum absolute atomic E-state index is 0.942. The average molecular weight is 134 g/mol. The van der Waals surface area contributed by atoms with Gasteiger partial charge in [-0.2, -0.15) is 12.8 Å². The van der Waals surface area contributed by atoms with Crippen LogP contribution in [0.3, 0.4) is 0 Å². The maximum atomic E-state index is 2.56. The fourth-order valence-electron chi connectivity index (χ4n) is 3.45. The molecule has 0 N–H and O–H groups in total. The van der Waals surface area contributed by atoms with Crippen LogP contribution in [-0.2, 0) is 0 Å². The molecule has 0 heteroatoms. The van der Waals surface area contributed by atoms with Crippen molar-refractivity contribution in [3.63, 3.8) is 0 Å². The van der Waals surface area contributed by atoms with Gasteiger partial charge in [-0.15, -0.1) is 0 Å². The summed E-state index contributed by atoms with van der Waals surface area (Å²) in [6.07, 6.45) is 11.1. The van der Waals surface area contributed by atoms with Crippen LogP contribution >= 0.6 is 0 Å². The molecular weight excluding hydrogens is 120 g/mol. The molecule has 2 unspecified atom stereocenters. The Morgan fingerprint density at radius 1 is 0.900 bits per heavy atom. The molecule has 0 nitrogen and oxygen atoms in total. The second-order valence-corrected chi connectivity index (χ2v) is 4.20. The molecule has 0 aliphatic heterocycles. The average Bonchev–Trinajstić information content (AvgIpc) is 2.56. The Bertz CT molecular complexity index is 110. The third-order valence-corrected chi connectivity index (χ3v) is 3.86. The molecule has 56 valence electrons. The minimum Gasteiger partial charge on any atom is -0.354 e. The van der Waals surface area contributed by atoms with Gasteiger partial charge in [0.2, 0.25) is 0 Å². The summed E-state index contributed by atoms with van der Waals surface area (Å²) >= 11 is 0. The minimum atomic E-state index is 0.942. The summed E-state index contributed by atoms with van der Waals surface area (Å²) in [7, 11) is 0. The van der Waals surface area contributed by atoms with E-state index in [0.717, 1.165) is 23.7 Å². The summed E-state index contributed by atoms with van der Waals surface area (Å²) in [6, 6.07) is 0. The third-order valence-electron chi connectivity index (χ3n) is 3.86.